The van der Waals surface area contributed by atoms with Crippen molar-refractivity contribution in [3.63, 3.8) is 0 Å². The molecule has 0 aliphatic rings. The normalized spacial score (nSPS) is 10.8. The van der Waals surface area contributed by atoms with Crippen LogP contribution in [0.4, 0.5) is 5.69 Å². The molecule has 0 unspecified atom stereocenters. The zero-order valence-corrected chi connectivity index (χ0v) is 16.5. The first-order valence-corrected chi connectivity index (χ1v) is 9.46. The van der Waals surface area contributed by atoms with Gasteiger partial charge in [-0.05, 0) is 45.0 Å². The third-order valence-corrected chi connectivity index (χ3v) is 4.74. The predicted molar refractivity (Wildman–Crippen MR) is 103 cm³/mol. The molecule has 0 aliphatic heterocycles. The molecule has 0 saturated carbocycles. The van der Waals surface area contributed by atoms with Crippen molar-refractivity contribution in [2.45, 2.75) is 26.0 Å². The smallest absolute Gasteiger partial charge is 0.277 e. The Bertz CT molecular complexity index is 933. The maximum atomic E-state index is 12.2. The van der Waals surface area contributed by atoms with Crippen LogP contribution in [-0.4, -0.2) is 38.2 Å². The molecule has 1 aromatic carbocycles. The Morgan fingerprint density at radius 2 is 2.00 bits per heavy atom. The molecule has 0 radical (unpaired) electrons. The van der Waals surface area contributed by atoms with Gasteiger partial charge in [0.25, 0.3) is 5.22 Å². The van der Waals surface area contributed by atoms with E-state index in [1.165, 1.54) is 11.8 Å². The molecule has 0 bridgehead atoms. The number of hydrogen-bond donors (Lipinski definition) is 1. The van der Waals surface area contributed by atoms with Gasteiger partial charge in [0.1, 0.15) is 5.75 Å². The molecule has 8 nitrogen and oxygen atoms in total. The molecule has 2 heterocycles. The number of aryl methyl sites for hydroxylation is 2. The first-order chi connectivity index (χ1) is 13.0. The van der Waals surface area contributed by atoms with Gasteiger partial charge < -0.3 is 14.5 Å². The Kier molecular flexibility index (Phi) is 5.80. The van der Waals surface area contributed by atoms with E-state index in [9.17, 15) is 4.79 Å². The summed E-state index contributed by atoms with van der Waals surface area (Å²) in [5, 5.41) is 15.5. The molecule has 0 aliphatic carbocycles. The van der Waals surface area contributed by atoms with E-state index in [1.807, 2.05) is 52.1 Å². The lowest BCUT2D eigenvalue weighted by molar-refractivity contribution is -0.113. The van der Waals surface area contributed by atoms with Crippen LogP contribution >= 0.6 is 11.8 Å². The molecule has 1 amide bonds. The van der Waals surface area contributed by atoms with Crippen LogP contribution in [0.1, 0.15) is 18.3 Å². The lowest BCUT2D eigenvalue weighted by Crippen LogP contribution is -2.15. The van der Waals surface area contributed by atoms with Gasteiger partial charge >= 0.3 is 0 Å². The van der Waals surface area contributed by atoms with Gasteiger partial charge in [0.2, 0.25) is 11.8 Å². The highest BCUT2D eigenvalue weighted by Gasteiger charge is 2.15. The van der Waals surface area contributed by atoms with E-state index in [-0.39, 0.29) is 11.7 Å². The molecule has 27 heavy (non-hydrogen) atoms. The van der Waals surface area contributed by atoms with E-state index in [2.05, 4.69) is 20.6 Å². The Balaban J connectivity index is 1.58. The van der Waals surface area contributed by atoms with Crippen molar-refractivity contribution >= 4 is 23.4 Å². The van der Waals surface area contributed by atoms with Crippen molar-refractivity contribution in [3.05, 3.63) is 35.7 Å². The van der Waals surface area contributed by atoms with E-state index in [0.29, 0.717) is 17.7 Å². The molecular formula is C18H21N5O3S. The number of carbonyl (C=O) groups is 1. The molecule has 3 rings (SSSR count). The second-order valence-corrected chi connectivity index (χ2v) is 6.76. The number of thioether (sulfide) groups is 1. The minimum absolute atomic E-state index is 0.153. The first-order valence-electron chi connectivity index (χ1n) is 8.47. The van der Waals surface area contributed by atoms with Crippen molar-refractivity contribution in [3.8, 4) is 17.2 Å². The molecule has 0 fully saturated rings. The molecule has 2 aromatic heterocycles. The minimum Gasteiger partial charge on any atom is -0.494 e. The number of aromatic nitrogens is 4. The van der Waals surface area contributed by atoms with Gasteiger partial charge in [-0.2, -0.15) is 5.10 Å². The van der Waals surface area contributed by atoms with E-state index in [0.717, 1.165) is 28.4 Å². The van der Waals surface area contributed by atoms with E-state index in [4.69, 9.17) is 9.15 Å². The molecule has 3 aromatic rings. The fraction of sp³-hybridized carbons (Fsp3) is 0.333. The van der Waals surface area contributed by atoms with Crippen LogP contribution in [0.2, 0.25) is 0 Å². The molecule has 0 saturated heterocycles. The van der Waals surface area contributed by atoms with Crippen molar-refractivity contribution in [1.82, 2.24) is 20.0 Å². The number of rotatable bonds is 7. The molecule has 0 atom stereocenters. The summed E-state index contributed by atoms with van der Waals surface area (Å²) in [4.78, 5) is 12.2. The highest BCUT2D eigenvalue weighted by Crippen LogP contribution is 2.25. The van der Waals surface area contributed by atoms with Crippen molar-refractivity contribution < 1.29 is 13.9 Å². The Labute approximate surface area is 161 Å². The molecular weight excluding hydrogens is 366 g/mol. The average Bonchev–Trinajstić information content (AvgIpc) is 3.21. The number of anilines is 1. The number of amides is 1. The summed E-state index contributed by atoms with van der Waals surface area (Å²) in [5.41, 5.74) is 3.22. The number of carbonyl (C=O) groups excluding carboxylic acids is 1. The fourth-order valence-electron chi connectivity index (χ4n) is 2.50. The van der Waals surface area contributed by atoms with Crippen LogP contribution in [0, 0.1) is 13.8 Å². The van der Waals surface area contributed by atoms with Crippen LogP contribution in [0.25, 0.3) is 11.5 Å². The van der Waals surface area contributed by atoms with Crippen LogP contribution < -0.4 is 10.1 Å². The SMILES string of the molecule is CCOc1ccc(-c2nnc(SCC(=O)Nc3c(C)nn(C)c3C)o2)cc1. The zero-order chi connectivity index (χ0) is 19.4. The van der Waals surface area contributed by atoms with Gasteiger partial charge in [0.05, 0.1) is 29.4 Å². The molecule has 1 N–H and O–H groups in total. The first kappa shape index (κ1) is 19.0. The highest BCUT2D eigenvalue weighted by molar-refractivity contribution is 7.99. The summed E-state index contributed by atoms with van der Waals surface area (Å²) < 4.78 is 12.8. The Morgan fingerprint density at radius 1 is 1.26 bits per heavy atom. The van der Waals surface area contributed by atoms with Crippen LogP contribution in [0.15, 0.2) is 33.9 Å². The summed E-state index contributed by atoms with van der Waals surface area (Å²) in [5.74, 6) is 1.20. The lowest BCUT2D eigenvalue weighted by Gasteiger charge is -2.04. The van der Waals surface area contributed by atoms with E-state index in [1.54, 1.807) is 4.68 Å². The maximum absolute atomic E-state index is 12.2. The summed E-state index contributed by atoms with van der Waals surface area (Å²) in [6.45, 7) is 6.31. The third kappa shape index (κ3) is 4.48. The minimum atomic E-state index is -0.153. The summed E-state index contributed by atoms with van der Waals surface area (Å²) in [6.07, 6.45) is 0. The quantitative estimate of drug-likeness (QED) is 0.622. The van der Waals surface area contributed by atoms with Crippen molar-refractivity contribution in [2.75, 3.05) is 17.7 Å². The fourth-order valence-corrected chi connectivity index (χ4v) is 3.07. The molecule has 0 spiro atoms. The van der Waals surface area contributed by atoms with E-state index < -0.39 is 0 Å². The zero-order valence-electron chi connectivity index (χ0n) is 15.6. The molecule has 9 heteroatoms. The number of nitrogens with zero attached hydrogens (tertiary/aromatic N) is 4. The monoisotopic (exact) mass is 387 g/mol. The average molecular weight is 387 g/mol. The van der Waals surface area contributed by atoms with E-state index >= 15 is 0 Å². The summed E-state index contributed by atoms with van der Waals surface area (Å²) in [6, 6.07) is 7.41. The van der Waals surface area contributed by atoms with Gasteiger partial charge in [-0.15, -0.1) is 10.2 Å². The third-order valence-electron chi connectivity index (χ3n) is 3.92. The molecule has 142 valence electrons. The van der Waals surface area contributed by atoms with Crippen molar-refractivity contribution in [2.24, 2.45) is 7.05 Å². The second-order valence-electron chi connectivity index (χ2n) is 5.84. The van der Waals surface area contributed by atoms with Gasteiger partial charge in [0, 0.05) is 12.6 Å². The lowest BCUT2D eigenvalue weighted by atomic mass is 10.2. The Hall–Kier alpha value is -2.81. The summed E-state index contributed by atoms with van der Waals surface area (Å²) >= 11 is 1.19. The van der Waals surface area contributed by atoms with Crippen molar-refractivity contribution in [1.29, 1.82) is 0 Å². The van der Waals surface area contributed by atoms with Gasteiger partial charge in [-0.1, -0.05) is 11.8 Å². The number of benzene rings is 1. The summed E-state index contributed by atoms with van der Waals surface area (Å²) in [7, 11) is 1.84. The van der Waals surface area contributed by atoms with Crippen LogP contribution in [0.5, 0.6) is 5.75 Å². The van der Waals surface area contributed by atoms with Crippen LogP contribution in [0.3, 0.4) is 0 Å². The second kappa shape index (κ2) is 8.26. The van der Waals surface area contributed by atoms with Crippen LogP contribution in [-0.2, 0) is 11.8 Å². The number of nitrogens with one attached hydrogen (secondary N) is 1. The maximum Gasteiger partial charge on any atom is 0.277 e. The Morgan fingerprint density at radius 3 is 2.63 bits per heavy atom. The van der Waals surface area contributed by atoms with Gasteiger partial charge in [-0.25, -0.2) is 0 Å². The standard InChI is InChI=1S/C18H21N5O3S/c1-5-25-14-8-6-13(7-9-14)17-20-21-18(26-17)27-10-15(24)19-16-11(2)22-23(4)12(16)3/h6-9H,5,10H2,1-4H3,(H,19,24). The highest BCUT2D eigenvalue weighted by atomic mass is 32.2. The topological polar surface area (TPSA) is 95.1 Å². The van der Waals surface area contributed by atoms with Gasteiger partial charge in [-0.3, -0.25) is 9.48 Å². The predicted octanol–water partition coefficient (Wildman–Crippen LogP) is 3.22. The number of ether oxygens (including phenoxy) is 1. The largest absolute Gasteiger partial charge is 0.494 e. The number of hydrogen-bond acceptors (Lipinski definition) is 7. The van der Waals surface area contributed by atoms with Gasteiger partial charge in [0.15, 0.2) is 0 Å².